The highest BCUT2D eigenvalue weighted by Gasteiger charge is 2.54. The molecule has 0 bridgehead atoms. The van der Waals surface area contributed by atoms with Gasteiger partial charge in [0.1, 0.15) is 5.54 Å². The summed E-state index contributed by atoms with van der Waals surface area (Å²) in [7, 11) is -3.65. The number of urea groups is 1. The molecule has 3 amide bonds. The molecular weight excluding hydrogens is 416 g/mol. The highest BCUT2D eigenvalue weighted by Crippen LogP contribution is 2.33. The summed E-state index contributed by atoms with van der Waals surface area (Å²) in [4.78, 5) is 30.1. The number of hydrogen-bond donors (Lipinski definition) is 1. The molecule has 0 aliphatic carbocycles. The second-order valence-corrected chi connectivity index (χ2v) is 11.3. The van der Waals surface area contributed by atoms with E-state index in [9.17, 15) is 18.0 Å². The van der Waals surface area contributed by atoms with Crippen LogP contribution in [-0.4, -0.2) is 78.8 Å². The maximum absolute atomic E-state index is 13.4. The molecule has 4 rings (SSSR count). The number of nitrogens with one attached hydrogen (secondary N) is 1. The van der Waals surface area contributed by atoms with E-state index in [0.29, 0.717) is 38.1 Å². The van der Waals surface area contributed by atoms with Gasteiger partial charge in [0.25, 0.3) is 5.91 Å². The van der Waals surface area contributed by atoms with Crippen LogP contribution in [0.3, 0.4) is 0 Å². The first-order chi connectivity index (χ1) is 14.7. The van der Waals surface area contributed by atoms with Crippen molar-refractivity contribution in [1.29, 1.82) is 0 Å². The van der Waals surface area contributed by atoms with Gasteiger partial charge in [0.15, 0.2) is 0 Å². The Hall–Kier alpha value is -1.97. The van der Waals surface area contributed by atoms with E-state index in [1.807, 2.05) is 0 Å². The fraction of sp³-hybridized carbons (Fsp3) is 0.636. The first-order valence-corrected chi connectivity index (χ1v) is 12.6. The van der Waals surface area contributed by atoms with Gasteiger partial charge in [0, 0.05) is 32.7 Å². The van der Waals surface area contributed by atoms with Crippen LogP contribution in [0.15, 0.2) is 35.2 Å². The van der Waals surface area contributed by atoms with Crippen LogP contribution in [0.4, 0.5) is 4.79 Å². The smallest absolute Gasteiger partial charge is 0.323 e. The summed E-state index contributed by atoms with van der Waals surface area (Å²) < 4.78 is 27.5. The van der Waals surface area contributed by atoms with E-state index < -0.39 is 21.6 Å². The molecule has 1 aromatic carbocycles. The summed E-state index contributed by atoms with van der Waals surface area (Å²) in [6.45, 7) is 7.42. The molecule has 0 aromatic heterocycles. The molecule has 3 saturated heterocycles. The van der Waals surface area contributed by atoms with Crippen molar-refractivity contribution in [2.24, 2.45) is 5.92 Å². The molecule has 1 aromatic rings. The third kappa shape index (κ3) is 4.23. The topological polar surface area (TPSA) is 90.0 Å². The Morgan fingerprint density at radius 3 is 2.42 bits per heavy atom. The molecule has 0 unspecified atom stereocenters. The molecule has 8 nitrogen and oxygen atoms in total. The molecular formula is C22H32N4O4S. The Balaban J connectivity index is 1.47. The number of sulfonamides is 1. The summed E-state index contributed by atoms with van der Waals surface area (Å²) in [5, 5.41) is 2.97. The monoisotopic (exact) mass is 448 g/mol. The van der Waals surface area contributed by atoms with Gasteiger partial charge in [-0.05, 0) is 43.7 Å². The Morgan fingerprint density at radius 1 is 1.10 bits per heavy atom. The van der Waals surface area contributed by atoms with Crippen LogP contribution in [-0.2, 0) is 14.8 Å². The van der Waals surface area contributed by atoms with Crippen LogP contribution in [0.25, 0.3) is 0 Å². The number of likely N-dealkylation sites (tertiary alicyclic amines) is 1. The van der Waals surface area contributed by atoms with E-state index in [1.165, 1.54) is 9.21 Å². The fourth-order valence-corrected chi connectivity index (χ4v) is 6.57. The summed E-state index contributed by atoms with van der Waals surface area (Å²) >= 11 is 0. The van der Waals surface area contributed by atoms with Crippen molar-refractivity contribution in [3.05, 3.63) is 30.3 Å². The van der Waals surface area contributed by atoms with Gasteiger partial charge in [-0.25, -0.2) is 13.2 Å². The Kier molecular flexibility index (Phi) is 6.11. The first kappa shape index (κ1) is 22.2. The molecule has 0 saturated carbocycles. The van der Waals surface area contributed by atoms with E-state index in [0.717, 1.165) is 19.6 Å². The predicted octanol–water partition coefficient (Wildman–Crippen LogP) is 1.88. The molecule has 9 heteroatoms. The predicted molar refractivity (Wildman–Crippen MR) is 117 cm³/mol. The van der Waals surface area contributed by atoms with Gasteiger partial charge < -0.3 is 10.2 Å². The fourth-order valence-electron chi connectivity index (χ4n) is 5.04. The zero-order valence-corrected chi connectivity index (χ0v) is 19.1. The van der Waals surface area contributed by atoms with Crippen LogP contribution >= 0.6 is 0 Å². The van der Waals surface area contributed by atoms with E-state index in [4.69, 9.17) is 0 Å². The zero-order valence-electron chi connectivity index (χ0n) is 18.3. The lowest BCUT2D eigenvalue weighted by atomic mass is 9.86. The van der Waals surface area contributed by atoms with Crippen LogP contribution in [0.2, 0.25) is 0 Å². The molecule has 170 valence electrons. The molecule has 31 heavy (non-hydrogen) atoms. The quantitative estimate of drug-likeness (QED) is 0.695. The van der Waals surface area contributed by atoms with Crippen LogP contribution < -0.4 is 5.32 Å². The second kappa shape index (κ2) is 8.52. The summed E-state index contributed by atoms with van der Waals surface area (Å²) in [6, 6.07) is 7.50. The molecule has 3 fully saturated rings. The standard InChI is InChI=1S/C22H32N4O4S/c1-17(2)15-24-13-10-22(11-14-24)20(27)26(21(28)23-22)18-7-6-12-25(16-18)31(29,30)19-8-4-3-5-9-19/h3-5,8-9,17-18H,6-7,10-16H2,1-2H3,(H,23,28)/t18-/m0/s1. The Bertz CT molecular complexity index is 926. The van der Waals surface area contributed by atoms with Crippen molar-refractivity contribution < 1.29 is 18.0 Å². The van der Waals surface area contributed by atoms with Gasteiger partial charge in [0.2, 0.25) is 10.0 Å². The number of nitrogens with zero attached hydrogens (tertiary/aromatic N) is 3. The second-order valence-electron chi connectivity index (χ2n) is 9.35. The average Bonchev–Trinajstić information content (AvgIpc) is 2.99. The third-order valence-electron chi connectivity index (χ3n) is 6.63. The first-order valence-electron chi connectivity index (χ1n) is 11.2. The number of carbonyl (C=O) groups is 2. The van der Waals surface area contributed by atoms with Crippen LogP contribution in [0, 0.1) is 5.92 Å². The molecule has 1 atom stereocenters. The maximum atomic E-state index is 13.4. The van der Waals surface area contributed by atoms with Crippen molar-refractivity contribution in [3.8, 4) is 0 Å². The van der Waals surface area contributed by atoms with E-state index in [-0.39, 0.29) is 23.4 Å². The Labute approximate surface area is 184 Å². The van der Waals surface area contributed by atoms with Crippen LogP contribution in [0.1, 0.15) is 39.5 Å². The molecule has 1 spiro atoms. The lowest BCUT2D eigenvalue weighted by Gasteiger charge is -2.39. The van der Waals surface area contributed by atoms with Gasteiger partial charge in [-0.2, -0.15) is 4.31 Å². The van der Waals surface area contributed by atoms with Crippen molar-refractivity contribution in [1.82, 2.24) is 19.4 Å². The minimum atomic E-state index is -3.65. The molecule has 3 aliphatic rings. The normalized spacial score (nSPS) is 25.4. The van der Waals surface area contributed by atoms with E-state index in [1.54, 1.807) is 30.3 Å². The van der Waals surface area contributed by atoms with Gasteiger partial charge in [-0.3, -0.25) is 9.69 Å². The average molecular weight is 449 g/mol. The number of imide groups is 1. The third-order valence-corrected chi connectivity index (χ3v) is 8.51. The van der Waals surface area contributed by atoms with Gasteiger partial charge in [-0.15, -0.1) is 0 Å². The van der Waals surface area contributed by atoms with E-state index in [2.05, 4.69) is 24.1 Å². The van der Waals surface area contributed by atoms with Crippen molar-refractivity contribution >= 4 is 22.0 Å². The Morgan fingerprint density at radius 2 is 1.77 bits per heavy atom. The van der Waals surface area contributed by atoms with Crippen molar-refractivity contribution in [3.63, 3.8) is 0 Å². The van der Waals surface area contributed by atoms with Gasteiger partial charge >= 0.3 is 6.03 Å². The van der Waals surface area contributed by atoms with Gasteiger partial charge in [0.05, 0.1) is 10.9 Å². The van der Waals surface area contributed by atoms with Crippen molar-refractivity contribution in [2.45, 2.75) is 56.0 Å². The molecule has 3 aliphatic heterocycles. The van der Waals surface area contributed by atoms with Gasteiger partial charge in [-0.1, -0.05) is 32.0 Å². The summed E-state index contributed by atoms with van der Waals surface area (Å²) in [5.41, 5.74) is -0.842. The highest BCUT2D eigenvalue weighted by molar-refractivity contribution is 7.89. The summed E-state index contributed by atoms with van der Waals surface area (Å²) in [5.74, 6) is 0.366. The molecule has 3 heterocycles. The van der Waals surface area contributed by atoms with Crippen LogP contribution in [0.5, 0.6) is 0 Å². The lowest BCUT2D eigenvalue weighted by molar-refractivity contribution is -0.135. The number of benzene rings is 1. The lowest BCUT2D eigenvalue weighted by Crippen LogP contribution is -2.56. The SMILES string of the molecule is CC(C)CN1CCC2(CC1)NC(=O)N([C@H]1CCCN(S(=O)(=O)c3ccccc3)C1)C2=O. The van der Waals surface area contributed by atoms with E-state index >= 15 is 0 Å². The largest absolute Gasteiger partial charge is 0.325 e. The number of rotatable bonds is 5. The van der Waals surface area contributed by atoms with Crippen molar-refractivity contribution in [2.75, 3.05) is 32.7 Å². The minimum absolute atomic E-state index is 0.145. The maximum Gasteiger partial charge on any atom is 0.325 e. The highest BCUT2D eigenvalue weighted by atomic mass is 32.2. The number of carbonyl (C=O) groups excluding carboxylic acids is 2. The number of hydrogen-bond acceptors (Lipinski definition) is 5. The number of amides is 3. The number of piperidine rings is 2. The minimum Gasteiger partial charge on any atom is -0.323 e. The molecule has 0 radical (unpaired) electrons. The molecule has 1 N–H and O–H groups in total. The zero-order chi connectivity index (χ0) is 22.2. The summed E-state index contributed by atoms with van der Waals surface area (Å²) in [6.07, 6.45) is 2.43.